The lowest BCUT2D eigenvalue weighted by Crippen LogP contribution is -2.09. The van der Waals surface area contributed by atoms with Gasteiger partial charge in [0.2, 0.25) is 0 Å². The predicted molar refractivity (Wildman–Crippen MR) is 172 cm³/mol. The van der Waals surface area contributed by atoms with Crippen LogP contribution in [0.1, 0.15) is 55.8 Å². The molecule has 0 amide bonds. The van der Waals surface area contributed by atoms with E-state index in [2.05, 4.69) is 52.0 Å². The molecule has 4 rings (SSSR count). The Hall–Kier alpha value is -3.77. The molecule has 0 aliphatic heterocycles. The molecule has 0 aliphatic carbocycles. The van der Waals surface area contributed by atoms with Gasteiger partial charge in [0, 0.05) is 32.7 Å². The maximum Gasteiger partial charge on any atom is 0.151 e. The third-order valence-electron chi connectivity index (χ3n) is 7.08. The van der Waals surface area contributed by atoms with Gasteiger partial charge >= 0.3 is 0 Å². The maximum absolute atomic E-state index is 11.7. The van der Waals surface area contributed by atoms with Gasteiger partial charge in [-0.2, -0.15) is 0 Å². The van der Waals surface area contributed by atoms with Crippen molar-refractivity contribution in [2.24, 2.45) is 0 Å². The summed E-state index contributed by atoms with van der Waals surface area (Å²) in [6, 6.07) is 28.2. The number of halogens is 1. The molecule has 6 heteroatoms. The van der Waals surface area contributed by atoms with Gasteiger partial charge in [0.1, 0.15) is 17.2 Å². The second-order valence-corrected chi connectivity index (χ2v) is 10.7. The number of ether oxygens (including phenoxy) is 3. The quantitative estimate of drug-likeness (QED) is 0.0983. The molecule has 0 heterocycles. The maximum atomic E-state index is 11.7. The third kappa shape index (κ3) is 7.92. The van der Waals surface area contributed by atoms with E-state index in [0.29, 0.717) is 12.2 Å². The number of benzene rings is 4. The summed E-state index contributed by atoms with van der Waals surface area (Å²) in [6.45, 7) is 2.85. The van der Waals surface area contributed by atoms with Crippen molar-refractivity contribution in [1.29, 1.82) is 0 Å². The Bertz CT molecular complexity index is 1340. The van der Waals surface area contributed by atoms with E-state index in [1.807, 2.05) is 60.7 Å². The zero-order chi connectivity index (χ0) is 29.0. The Morgan fingerprint density at radius 2 is 1.22 bits per heavy atom. The molecule has 0 saturated heterocycles. The predicted octanol–water partition coefficient (Wildman–Crippen LogP) is 10.2. The molecule has 0 fully saturated rings. The molecule has 4 aromatic rings. The molecule has 0 unspecified atom stereocenters. The topological polar surface area (TPSA) is 48.0 Å². The average Bonchev–Trinajstić information content (AvgIpc) is 3.02. The highest BCUT2D eigenvalue weighted by Crippen LogP contribution is 2.39. The van der Waals surface area contributed by atoms with Gasteiger partial charge in [-0.05, 0) is 84.8 Å². The number of unbranched alkanes of at least 4 members (excludes halogenated alkanes) is 5. The van der Waals surface area contributed by atoms with Gasteiger partial charge in [0.25, 0.3) is 0 Å². The normalized spacial score (nSPS) is 10.7. The number of hydrogen-bond donors (Lipinski definition) is 0. The Balaban J connectivity index is 1.62. The van der Waals surface area contributed by atoms with Crippen molar-refractivity contribution in [1.82, 2.24) is 0 Å². The fourth-order valence-electron chi connectivity index (χ4n) is 4.77. The molecular weight excluding hydrogens is 578 g/mol. The van der Waals surface area contributed by atoms with Crippen LogP contribution >= 0.6 is 15.9 Å². The van der Waals surface area contributed by atoms with Crippen LogP contribution < -0.4 is 19.1 Å². The molecule has 5 nitrogen and oxygen atoms in total. The number of methoxy groups -OCH3 is 2. The molecular formula is C35H38BrNO4. The van der Waals surface area contributed by atoms with E-state index < -0.39 is 0 Å². The fraction of sp³-hybridized carbons (Fsp3) is 0.286. The third-order valence-corrected chi connectivity index (χ3v) is 7.77. The van der Waals surface area contributed by atoms with Crippen LogP contribution in [0.3, 0.4) is 0 Å². The summed E-state index contributed by atoms with van der Waals surface area (Å²) in [5, 5.41) is 0. The van der Waals surface area contributed by atoms with Crippen molar-refractivity contribution in [3.63, 3.8) is 0 Å². The molecule has 0 radical (unpaired) electrons. The molecule has 41 heavy (non-hydrogen) atoms. The van der Waals surface area contributed by atoms with E-state index in [-0.39, 0.29) is 0 Å². The minimum atomic E-state index is 0.577. The van der Waals surface area contributed by atoms with Crippen molar-refractivity contribution in [3.05, 3.63) is 95.0 Å². The van der Waals surface area contributed by atoms with Gasteiger partial charge in [0.15, 0.2) is 6.29 Å². The van der Waals surface area contributed by atoms with Crippen LogP contribution in [0.2, 0.25) is 0 Å². The van der Waals surface area contributed by atoms with Crippen LogP contribution in [-0.2, 0) is 0 Å². The lowest BCUT2D eigenvalue weighted by molar-refractivity contribution is 0.112. The largest absolute Gasteiger partial charge is 0.497 e. The van der Waals surface area contributed by atoms with E-state index in [9.17, 15) is 4.79 Å². The molecule has 0 aromatic heterocycles. The van der Waals surface area contributed by atoms with Crippen LogP contribution in [0.15, 0.2) is 89.4 Å². The average molecular weight is 617 g/mol. The number of carbonyl (C=O) groups is 1. The molecule has 0 atom stereocenters. The summed E-state index contributed by atoms with van der Waals surface area (Å²) in [5.41, 5.74) is 5.54. The summed E-state index contributed by atoms with van der Waals surface area (Å²) in [4.78, 5) is 13.9. The number of hydrogen-bond acceptors (Lipinski definition) is 5. The number of anilines is 3. The van der Waals surface area contributed by atoms with Crippen LogP contribution in [0.5, 0.6) is 17.2 Å². The highest BCUT2D eigenvalue weighted by atomic mass is 79.9. The highest BCUT2D eigenvalue weighted by molar-refractivity contribution is 9.10. The Morgan fingerprint density at radius 3 is 1.73 bits per heavy atom. The second kappa shape index (κ2) is 15.3. The number of carbonyl (C=O) groups excluding carboxylic acids is 1. The van der Waals surface area contributed by atoms with Crippen LogP contribution in [0.4, 0.5) is 17.1 Å². The first-order chi connectivity index (χ1) is 20.1. The standard InChI is InChI=1S/C35H38BrNO4/c1-4-5-6-7-8-9-22-41-35-23-27(25-38)34(36)24-33(35)26-10-12-28(13-11-26)37(29-14-18-31(39-2)19-15-29)30-16-20-32(40-3)21-17-30/h10-21,23-25H,4-9,22H2,1-3H3. The Labute approximate surface area is 252 Å². The highest BCUT2D eigenvalue weighted by Gasteiger charge is 2.16. The smallest absolute Gasteiger partial charge is 0.151 e. The van der Waals surface area contributed by atoms with Gasteiger partial charge in [-0.15, -0.1) is 0 Å². The molecule has 214 valence electrons. The monoisotopic (exact) mass is 615 g/mol. The summed E-state index contributed by atoms with van der Waals surface area (Å²) >= 11 is 3.56. The van der Waals surface area contributed by atoms with Crippen molar-refractivity contribution in [2.75, 3.05) is 25.7 Å². The molecule has 0 N–H and O–H groups in total. The first kappa shape index (κ1) is 30.2. The van der Waals surface area contributed by atoms with Gasteiger partial charge < -0.3 is 19.1 Å². The molecule has 0 bridgehead atoms. The van der Waals surface area contributed by atoms with E-state index in [1.54, 1.807) is 14.2 Å². The number of nitrogens with zero attached hydrogens (tertiary/aromatic N) is 1. The SMILES string of the molecule is CCCCCCCCOc1cc(C=O)c(Br)cc1-c1ccc(N(c2ccc(OC)cc2)c2ccc(OC)cc2)cc1. The summed E-state index contributed by atoms with van der Waals surface area (Å²) < 4.78 is 17.7. The van der Waals surface area contributed by atoms with E-state index in [4.69, 9.17) is 14.2 Å². The number of aldehydes is 1. The van der Waals surface area contributed by atoms with Gasteiger partial charge in [-0.3, -0.25) is 4.79 Å². The minimum Gasteiger partial charge on any atom is -0.497 e. The van der Waals surface area contributed by atoms with Crippen molar-refractivity contribution >= 4 is 39.3 Å². The summed E-state index contributed by atoms with van der Waals surface area (Å²) in [6.07, 6.45) is 8.02. The molecule has 0 aliphatic rings. The first-order valence-corrected chi connectivity index (χ1v) is 15.0. The van der Waals surface area contributed by atoms with Crippen LogP contribution in [0.25, 0.3) is 11.1 Å². The molecule has 0 spiro atoms. The minimum absolute atomic E-state index is 0.577. The van der Waals surface area contributed by atoms with Crippen LogP contribution in [-0.4, -0.2) is 27.1 Å². The van der Waals surface area contributed by atoms with Crippen molar-refractivity contribution in [3.8, 4) is 28.4 Å². The fourth-order valence-corrected chi connectivity index (χ4v) is 5.21. The Kier molecular flexibility index (Phi) is 11.3. The van der Waals surface area contributed by atoms with Crippen LogP contribution in [0, 0.1) is 0 Å². The van der Waals surface area contributed by atoms with Gasteiger partial charge in [-0.25, -0.2) is 0 Å². The van der Waals surface area contributed by atoms with Gasteiger partial charge in [-0.1, -0.05) is 67.1 Å². The van der Waals surface area contributed by atoms with E-state index in [1.165, 1.54) is 25.7 Å². The summed E-state index contributed by atoms with van der Waals surface area (Å²) in [5.74, 6) is 2.33. The lowest BCUT2D eigenvalue weighted by Gasteiger charge is -2.26. The zero-order valence-corrected chi connectivity index (χ0v) is 25.7. The summed E-state index contributed by atoms with van der Waals surface area (Å²) in [7, 11) is 3.33. The van der Waals surface area contributed by atoms with Crippen molar-refractivity contribution in [2.45, 2.75) is 45.4 Å². The van der Waals surface area contributed by atoms with E-state index >= 15 is 0 Å². The second-order valence-electron chi connectivity index (χ2n) is 9.88. The number of rotatable bonds is 15. The zero-order valence-electron chi connectivity index (χ0n) is 24.1. The molecule has 0 saturated carbocycles. The van der Waals surface area contributed by atoms with Gasteiger partial charge in [0.05, 0.1) is 20.8 Å². The van der Waals surface area contributed by atoms with E-state index in [0.717, 1.165) is 69.0 Å². The first-order valence-electron chi connectivity index (χ1n) is 14.2. The van der Waals surface area contributed by atoms with Crippen molar-refractivity contribution < 1.29 is 19.0 Å². The molecule has 4 aromatic carbocycles. The Morgan fingerprint density at radius 1 is 0.707 bits per heavy atom. The lowest BCUT2D eigenvalue weighted by atomic mass is 10.0.